The maximum atomic E-state index is 13.1. The number of carbonyl (C=O) groups excluding carboxylic acids is 2. The molecular formula is C23H21FN4O2S. The van der Waals surface area contributed by atoms with Crippen LogP contribution in [-0.4, -0.2) is 21.8 Å². The monoisotopic (exact) mass is 436 g/mol. The van der Waals surface area contributed by atoms with Gasteiger partial charge < -0.3 is 0 Å². The van der Waals surface area contributed by atoms with Crippen molar-refractivity contribution in [2.24, 2.45) is 0 Å². The highest BCUT2D eigenvalue weighted by atomic mass is 32.2. The number of hydrogen-bond acceptors (Lipinski definition) is 5. The van der Waals surface area contributed by atoms with Gasteiger partial charge in [-0.05, 0) is 61.4 Å². The number of hydrogen-bond donors (Lipinski definition) is 2. The summed E-state index contributed by atoms with van der Waals surface area (Å²) in [6.07, 6.45) is 2.67. The van der Waals surface area contributed by atoms with Crippen molar-refractivity contribution in [3.8, 4) is 0 Å². The van der Waals surface area contributed by atoms with E-state index in [1.807, 2.05) is 32.0 Å². The summed E-state index contributed by atoms with van der Waals surface area (Å²) < 4.78 is 13.1. The molecule has 0 radical (unpaired) electrons. The first kappa shape index (κ1) is 22.2. The number of aromatic nitrogens is 2. The van der Waals surface area contributed by atoms with Gasteiger partial charge in [-0.15, -0.1) is 0 Å². The Morgan fingerprint density at radius 3 is 2.39 bits per heavy atom. The summed E-state index contributed by atoms with van der Waals surface area (Å²) in [6, 6.07) is 14.8. The summed E-state index contributed by atoms with van der Waals surface area (Å²) in [6.45, 7) is 3.87. The van der Waals surface area contributed by atoms with Crippen LogP contribution in [0.2, 0.25) is 0 Å². The molecular weight excluding hydrogens is 415 g/mol. The van der Waals surface area contributed by atoms with Crippen LogP contribution in [0.15, 0.2) is 65.8 Å². The van der Waals surface area contributed by atoms with Gasteiger partial charge in [0.2, 0.25) is 0 Å². The van der Waals surface area contributed by atoms with Crippen molar-refractivity contribution in [3.63, 3.8) is 0 Å². The Hall–Kier alpha value is -3.52. The summed E-state index contributed by atoms with van der Waals surface area (Å²) in [5, 5.41) is 0.716. The standard InChI is InChI=1S/C23H21FN4O2S/c1-15-12-16(2)26-23(25-15)31-14-18-6-9-19(10-7-18)22(30)28-27-21(29)11-8-17-4-3-5-20(24)13-17/h3-13H,14H2,1-2H3,(H,27,29)(H,28,30)/b11-8+. The Morgan fingerprint density at radius 2 is 1.71 bits per heavy atom. The van der Waals surface area contributed by atoms with Gasteiger partial charge in [-0.1, -0.05) is 36.0 Å². The zero-order chi connectivity index (χ0) is 22.2. The lowest BCUT2D eigenvalue weighted by Crippen LogP contribution is -2.40. The van der Waals surface area contributed by atoms with Crippen LogP contribution in [0.3, 0.4) is 0 Å². The lowest BCUT2D eigenvalue weighted by molar-refractivity contribution is -0.117. The van der Waals surface area contributed by atoms with E-state index in [4.69, 9.17) is 0 Å². The molecule has 0 saturated carbocycles. The van der Waals surface area contributed by atoms with Crippen molar-refractivity contribution in [1.82, 2.24) is 20.8 Å². The van der Waals surface area contributed by atoms with Gasteiger partial charge in [-0.3, -0.25) is 20.4 Å². The Morgan fingerprint density at radius 1 is 1.00 bits per heavy atom. The molecule has 0 unspecified atom stereocenters. The predicted molar refractivity (Wildman–Crippen MR) is 119 cm³/mol. The van der Waals surface area contributed by atoms with E-state index >= 15 is 0 Å². The first-order valence-corrected chi connectivity index (χ1v) is 10.5. The second-order valence-corrected chi connectivity index (χ2v) is 7.69. The average molecular weight is 437 g/mol. The molecule has 6 nitrogen and oxygen atoms in total. The lowest BCUT2D eigenvalue weighted by Gasteiger charge is -2.07. The van der Waals surface area contributed by atoms with Crippen LogP contribution in [0.25, 0.3) is 6.08 Å². The fourth-order valence-corrected chi connectivity index (χ4v) is 3.58. The van der Waals surface area contributed by atoms with Gasteiger partial charge in [0.1, 0.15) is 5.82 Å². The summed E-state index contributed by atoms with van der Waals surface area (Å²) >= 11 is 1.52. The number of amides is 2. The van der Waals surface area contributed by atoms with Crippen molar-refractivity contribution in [3.05, 3.63) is 94.6 Å². The van der Waals surface area contributed by atoms with Crippen molar-refractivity contribution < 1.29 is 14.0 Å². The van der Waals surface area contributed by atoms with Crippen LogP contribution in [0.5, 0.6) is 0 Å². The SMILES string of the molecule is Cc1cc(C)nc(SCc2ccc(C(=O)NNC(=O)/C=C/c3cccc(F)c3)cc2)n1. The molecule has 31 heavy (non-hydrogen) atoms. The van der Waals surface area contributed by atoms with Crippen LogP contribution >= 0.6 is 11.8 Å². The zero-order valence-electron chi connectivity index (χ0n) is 17.1. The van der Waals surface area contributed by atoms with Crippen LogP contribution in [-0.2, 0) is 10.5 Å². The van der Waals surface area contributed by atoms with Crippen LogP contribution in [0.1, 0.15) is 32.9 Å². The Balaban J connectivity index is 1.48. The van der Waals surface area contributed by atoms with Crippen LogP contribution < -0.4 is 10.9 Å². The molecule has 0 spiro atoms. The van der Waals surface area contributed by atoms with E-state index in [2.05, 4.69) is 20.8 Å². The molecule has 158 valence electrons. The molecule has 2 N–H and O–H groups in total. The van der Waals surface area contributed by atoms with Gasteiger partial charge in [-0.2, -0.15) is 0 Å². The van der Waals surface area contributed by atoms with Crippen molar-refractivity contribution in [1.29, 1.82) is 0 Å². The summed E-state index contributed by atoms with van der Waals surface area (Å²) in [5.41, 5.74) is 8.47. The minimum absolute atomic E-state index is 0.390. The van der Waals surface area contributed by atoms with Gasteiger partial charge in [0.15, 0.2) is 5.16 Å². The Kier molecular flexibility index (Phi) is 7.50. The fraction of sp³-hybridized carbons (Fsp3) is 0.130. The largest absolute Gasteiger partial charge is 0.269 e. The Labute approximate surface area is 184 Å². The average Bonchev–Trinajstić information content (AvgIpc) is 2.74. The quantitative estimate of drug-likeness (QED) is 0.264. The molecule has 8 heteroatoms. The summed E-state index contributed by atoms with van der Waals surface area (Å²) in [5.74, 6) is -0.686. The smallest absolute Gasteiger partial charge is 0.268 e. The van der Waals surface area contributed by atoms with E-state index in [1.54, 1.807) is 24.3 Å². The van der Waals surface area contributed by atoms with Gasteiger partial charge in [0.05, 0.1) is 0 Å². The number of carbonyl (C=O) groups is 2. The van der Waals surface area contributed by atoms with E-state index in [1.165, 1.54) is 36.0 Å². The number of nitrogens with one attached hydrogen (secondary N) is 2. The molecule has 0 aliphatic rings. The lowest BCUT2D eigenvalue weighted by atomic mass is 10.1. The number of thioether (sulfide) groups is 1. The fourth-order valence-electron chi connectivity index (χ4n) is 2.67. The number of benzene rings is 2. The highest BCUT2D eigenvalue weighted by Crippen LogP contribution is 2.20. The molecule has 0 saturated heterocycles. The molecule has 2 aromatic carbocycles. The molecule has 0 aliphatic carbocycles. The molecule has 2 amide bonds. The molecule has 3 aromatic rings. The van der Waals surface area contributed by atoms with Gasteiger partial charge in [0, 0.05) is 28.8 Å². The predicted octanol–water partition coefficient (Wildman–Crippen LogP) is 4.00. The first-order valence-electron chi connectivity index (χ1n) is 9.47. The highest BCUT2D eigenvalue weighted by Gasteiger charge is 2.07. The summed E-state index contributed by atoms with van der Waals surface area (Å²) in [4.78, 5) is 32.8. The Bertz CT molecular complexity index is 1100. The molecule has 0 atom stereocenters. The third-order valence-corrected chi connectivity index (χ3v) is 5.04. The van der Waals surface area contributed by atoms with Gasteiger partial charge in [-0.25, -0.2) is 14.4 Å². The minimum Gasteiger partial charge on any atom is -0.268 e. The van der Waals surface area contributed by atoms with Crippen molar-refractivity contribution in [2.75, 3.05) is 0 Å². The molecule has 3 rings (SSSR count). The van der Waals surface area contributed by atoms with E-state index in [9.17, 15) is 14.0 Å². The number of rotatable bonds is 6. The topological polar surface area (TPSA) is 84.0 Å². The van der Waals surface area contributed by atoms with Gasteiger partial charge in [0.25, 0.3) is 11.8 Å². The third-order valence-electron chi connectivity index (χ3n) is 4.12. The maximum absolute atomic E-state index is 13.1. The first-order chi connectivity index (χ1) is 14.9. The number of aryl methyl sites for hydroxylation is 2. The van der Waals surface area contributed by atoms with E-state index in [0.29, 0.717) is 22.0 Å². The molecule has 0 bridgehead atoms. The number of nitrogens with zero attached hydrogens (tertiary/aromatic N) is 2. The second-order valence-electron chi connectivity index (χ2n) is 6.75. The highest BCUT2D eigenvalue weighted by molar-refractivity contribution is 7.98. The zero-order valence-corrected chi connectivity index (χ0v) is 17.9. The second kappa shape index (κ2) is 10.5. The molecule has 0 aliphatic heterocycles. The van der Waals surface area contributed by atoms with Crippen molar-refractivity contribution in [2.45, 2.75) is 24.8 Å². The normalized spacial score (nSPS) is 10.8. The molecule has 1 heterocycles. The minimum atomic E-state index is -0.529. The number of halogens is 1. The number of hydrazine groups is 1. The van der Waals surface area contributed by atoms with Gasteiger partial charge >= 0.3 is 0 Å². The van der Waals surface area contributed by atoms with E-state index < -0.39 is 11.8 Å². The maximum Gasteiger partial charge on any atom is 0.269 e. The van der Waals surface area contributed by atoms with E-state index in [0.717, 1.165) is 17.0 Å². The van der Waals surface area contributed by atoms with E-state index in [-0.39, 0.29) is 5.82 Å². The molecule has 1 aromatic heterocycles. The van der Waals surface area contributed by atoms with Crippen LogP contribution in [0.4, 0.5) is 4.39 Å². The molecule has 0 fully saturated rings. The third kappa shape index (κ3) is 7.04. The summed E-state index contributed by atoms with van der Waals surface area (Å²) in [7, 11) is 0. The van der Waals surface area contributed by atoms with Crippen LogP contribution in [0, 0.1) is 19.7 Å². The van der Waals surface area contributed by atoms with Crippen molar-refractivity contribution >= 4 is 29.7 Å².